The molecule has 0 saturated heterocycles. The zero-order chi connectivity index (χ0) is 15.2. The van der Waals surface area contributed by atoms with E-state index in [0.717, 1.165) is 35.2 Å². The van der Waals surface area contributed by atoms with Crippen LogP contribution in [0.3, 0.4) is 0 Å². The average molecular weight is 348 g/mol. The second-order valence-electron chi connectivity index (χ2n) is 5.43. The maximum absolute atomic E-state index is 5.89. The van der Waals surface area contributed by atoms with Crippen molar-refractivity contribution in [2.45, 2.75) is 39.2 Å². The van der Waals surface area contributed by atoms with Gasteiger partial charge in [0.25, 0.3) is 0 Å². The lowest BCUT2D eigenvalue weighted by Crippen LogP contribution is -2.17. The van der Waals surface area contributed by atoms with Gasteiger partial charge in [-0.3, -0.25) is 0 Å². The number of rotatable bonds is 6. The second-order valence-corrected chi connectivity index (χ2v) is 6.28. The summed E-state index contributed by atoms with van der Waals surface area (Å²) in [7, 11) is 0. The minimum atomic E-state index is 0.152. The van der Waals surface area contributed by atoms with Gasteiger partial charge in [0, 0.05) is 10.5 Å². The first kappa shape index (κ1) is 16.1. The van der Waals surface area contributed by atoms with Crippen molar-refractivity contribution in [3.05, 3.63) is 58.1 Å². The third-order valence-corrected chi connectivity index (χ3v) is 4.00. The van der Waals surface area contributed by atoms with Crippen LogP contribution >= 0.6 is 15.9 Å². The van der Waals surface area contributed by atoms with Crippen molar-refractivity contribution in [3.8, 4) is 11.5 Å². The van der Waals surface area contributed by atoms with E-state index in [-0.39, 0.29) is 6.04 Å². The van der Waals surface area contributed by atoms with Crippen LogP contribution < -0.4 is 10.5 Å². The quantitative estimate of drug-likeness (QED) is 0.790. The molecule has 0 spiro atoms. The Labute approximate surface area is 135 Å². The number of halogens is 1. The number of aryl methyl sites for hydroxylation is 1. The molecule has 0 fully saturated rings. The van der Waals surface area contributed by atoms with Gasteiger partial charge in [-0.25, -0.2) is 0 Å². The maximum Gasteiger partial charge on any atom is 0.128 e. The molecule has 0 aliphatic heterocycles. The summed E-state index contributed by atoms with van der Waals surface area (Å²) in [5.74, 6) is 1.69. The molecule has 2 aromatic rings. The molecule has 0 heterocycles. The van der Waals surface area contributed by atoms with Gasteiger partial charge >= 0.3 is 0 Å². The highest BCUT2D eigenvalue weighted by Crippen LogP contribution is 2.28. The van der Waals surface area contributed by atoms with E-state index in [0.29, 0.717) is 0 Å². The molecule has 2 N–H and O–H groups in total. The SMILES string of the molecule is CCCc1ccc(Oc2ccc(CC(C)N)c(Br)c2)cc1. The third-order valence-electron chi connectivity index (χ3n) is 3.26. The van der Waals surface area contributed by atoms with Gasteiger partial charge < -0.3 is 10.5 Å². The predicted octanol–water partition coefficient (Wildman–Crippen LogP) is 5.08. The minimum Gasteiger partial charge on any atom is -0.457 e. The fourth-order valence-corrected chi connectivity index (χ4v) is 2.77. The molecule has 2 rings (SSSR count). The van der Waals surface area contributed by atoms with Crippen LogP contribution in [-0.2, 0) is 12.8 Å². The van der Waals surface area contributed by atoms with Crippen LogP contribution in [0.5, 0.6) is 11.5 Å². The molecule has 3 heteroatoms. The lowest BCUT2D eigenvalue weighted by Gasteiger charge is -2.11. The number of benzene rings is 2. The topological polar surface area (TPSA) is 35.2 Å². The van der Waals surface area contributed by atoms with Gasteiger partial charge in [-0.05, 0) is 55.2 Å². The molecule has 0 aliphatic rings. The summed E-state index contributed by atoms with van der Waals surface area (Å²) in [5, 5.41) is 0. The van der Waals surface area contributed by atoms with E-state index in [2.05, 4.69) is 41.1 Å². The van der Waals surface area contributed by atoms with E-state index in [4.69, 9.17) is 10.5 Å². The van der Waals surface area contributed by atoms with E-state index in [1.54, 1.807) is 0 Å². The van der Waals surface area contributed by atoms with Crippen LogP contribution in [0.1, 0.15) is 31.4 Å². The minimum absolute atomic E-state index is 0.152. The Morgan fingerprint density at radius 2 is 1.76 bits per heavy atom. The molecule has 2 nitrogen and oxygen atoms in total. The van der Waals surface area contributed by atoms with Crippen molar-refractivity contribution in [2.75, 3.05) is 0 Å². The van der Waals surface area contributed by atoms with Crippen LogP contribution in [0.4, 0.5) is 0 Å². The first-order valence-corrected chi connectivity index (χ1v) is 8.18. The zero-order valence-electron chi connectivity index (χ0n) is 12.6. The van der Waals surface area contributed by atoms with Crippen LogP contribution in [0, 0.1) is 0 Å². The Balaban J connectivity index is 2.07. The van der Waals surface area contributed by atoms with Crippen molar-refractivity contribution in [1.29, 1.82) is 0 Å². The van der Waals surface area contributed by atoms with Crippen molar-refractivity contribution < 1.29 is 4.74 Å². The van der Waals surface area contributed by atoms with Gasteiger partial charge in [0.1, 0.15) is 11.5 Å². The lowest BCUT2D eigenvalue weighted by molar-refractivity contribution is 0.481. The summed E-state index contributed by atoms with van der Waals surface area (Å²) >= 11 is 3.59. The van der Waals surface area contributed by atoms with Gasteiger partial charge in [-0.15, -0.1) is 0 Å². The second kappa shape index (κ2) is 7.62. The molecule has 0 amide bonds. The highest BCUT2D eigenvalue weighted by molar-refractivity contribution is 9.10. The Bertz CT molecular complexity index is 578. The van der Waals surface area contributed by atoms with E-state index in [1.165, 1.54) is 11.1 Å². The van der Waals surface area contributed by atoms with Crippen molar-refractivity contribution in [2.24, 2.45) is 5.73 Å². The summed E-state index contributed by atoms with van der Waals surface area (Å²) < 4.78 is 6.93. The molecule has 112 valence electrons. The summed E-state index contributed by atoms with van der Waals surface area (Å²) in [5.41, 5.74) is 8.39. The largest absolute Gasteiger partial charge is 0.457 e. The average Bonchev–Trinajstić information content (AvgIpc) is 2.44. The van der Waals surface area contributed by atoms with Crippen LogP contribution in [0.2, 0.25) is 0 Å². The summed E-state index contributed by atoms with van der Waals surface area (Å²) in [6.07, 6.45) is 3.12. The van der Waals surface area contributed by atoms with E-state index >= 15 is 0 Å². The molecular formula is C18H22BrNO. The van der Waals surface area contributed by atoms with Gasteiger partial charge in [0.2, 0.25) is 0 Å². The summed E-state index contributed by atoms with van der Waals surface area (Å²) in [6, 6.07) is 14.5. The zero-order valence-corrected chi connectivity index (χ0v) is 14.2. The van der Waals surface area contributed by atoms with Gasteiger partial charge in [0.05, 0.1) is 0 Å². The first-order valence-electron chi connectivity index (χ1n) is 7.39. The molecule has 0 radical (unpaired) electrons. The van der Waals surface area contributed by atoms with Crippen molar-refractivity contribution in [3.63, 3.8) is 0 Å². The molecule has 2 aromatic carbocycles. The van der Waals surface area contributed by atoms with Crippen LogP contribution in [-0.4, -0.2) is 6.04 Å². The van der Waals surface area contributed by atoms with E-state index in [1.807, 2.05) is 31.2 Å². The number of hydrogen-bond acceptors (Lipinski definition) is 2. The summed E-state index contributed by atoms with van der Waals surface area (Å²) in [4.78, 5) is 0. The molecule has 0 aromatic heterocycles. The van der Waals surface area contributed by atoms with E-state index < -0.39 is 0 Å². The fraction of sp³-hybridized carbons (Fsp3) is 0.333. The molecule has 0 aliphatic carbocycles. The van der Waals surface area contributed by atoms with E-state index in [9.17, 15) is 0 Å². The van der Waals surface area contributed by atoms with Gasteiger partial charge in [-0.2, -0.15) is 0 Å². The Hall–Kier alpha value is -1.32. The smallest absolute Gasteiger partial charge is 0.128 e. The van der Waals surface area contributed by atoms with Gasteiger partial charge in [-0.1, -0.05) is 47.5 Å². The van der Waals surface area contributed by atoms with Crippen molar-refractivity contribution >= 4 is 15.9 Å². The number of hydrogen-bond donors (Lipinski definition) is 1. The Morgan fingerprint density at radius 1 is 1.10 bits per heavy atom. The normalized spacial score (nSPS) is 12.2. The lowest BCUT2D eigenvalue weighted by atomic mass is 10.1. The van der Waals surface area contributed by atoms with Crippen LogP contribution in [0.25, 0.3) is 0 Å². The molecule has 1 atom stereocenters. The molecule has 0 saturated carbocycles. The predicted molar refractivity (Wildman–Crippen MR) is 92.0 cm³/mol. The first-order chi connectivity index (χ1) is 10.1. The maximum atomic E-state index is 5.89. The highest BCUT2D eigenvalue weighted by Gasteiger charge is 2.05. The van der Waals surface area contributed by atoms with Crippen LogP contribution in [0.15, 0.2) is 46.9 Å². The molecule has 21 heavy (non-hydrogen) atoms. The molecule has 1 unspecified atom stereocenters. The molecule has 0 bridgehead atoms. The van der Waals surface area contributed by atoms with Crippen molar-refractivity contribution in [1.82, 2.24) is 0 Å². The standard InChI is InChI=1S/C18H22BrNO/c1-3-4-14-5-8-16(9-6-14)21-17-10-7-15(11-13(2)20)18(19)12-17/h5-10,12-13H,3-4,11,20H2,1-2H3. The van der Waals surface area contributed by atoms with Gasteiger partial charge in [0.15, 0.2) is 0 Å². The summed E-state index contributed by atoms with van der Waals surface area (Å²) in [6.45, 7) is 4.19. The number of ether oxygens (including phenoxy) is 1. The Kier molecular flexibility index (Phi) is 5.83. The fourth-order valence-electron chi connectivity index (χ4n) is 2.25. The molecular weight excluding hydrogens is 326 g/mol. The monoisotopic (exact) mass is 347 g/mol. The highest BCUT2D eigenvalue weighted by atomic mass is 79.9. The Morgan fingerprint density at radius 3 is 2.33 bits per heavy atom. The number of nitrogens with two attached hydrogens (primary N) is 1. The third kappa shape index (κ3) is 4.87.